The number of hydrogen-bond acceptors (Lipinski definition) is 6. The first kappa shape index (κ1) is 20.4. The molecule has 0 spiro atoms. The number of benzene rings is 2. The Hall–Kier alpha value is -2.94. The van der Waals surface area contributed by atoms with Crippen molar-refractivity contribution in [2.75, 3.05) is 17.6 Å². The number of nitrogen functional groups attached to an aromatic ring is 1. The van der Waals surface area contributed by atoms with Gasteiger partial charge in [0.15, 0.2) is 6.10 Å². The second kappa shape index (κ2) is 7.75. The third-order valence-electron chi connectivity index (χ3n) is 3.87. The van der Waals surface area contributed by atoms with Crippen LogP contribution in [0.1, 0.15) is 18.1 Å². The van der Waals surface area contributed by atoms with Gasteiger partial charge in [-0.25, -0.2) is 13.2 Å². The smallest absolute Gasteiger partial charge is 0.344 e. The van der Waals surface area contributed by atoms with E-state index in [1.807, 2.05) is 0 Å². The van der Waals surface area contributed by atoms with E-state index in [0.717, 1.165) is 0 Å². The van der Waals surface area contributed by atoms with Crippen molar-refractivity contribution in [1.82, 2.24) is 0 Å². The van der Waals surface area contributed by atoms with Gasteiger partial charge in [0.25, 0.3) is 10.0 Å². The van der Waals surface area contributed by atoms with Crippen molar-refractivity contribution in [1.29, 1.82) is 0 Å². The number of rotatable bonds is 7. The third-order valence-corrected chi connectivity index (χ3v) is 5.54. The van der Waals surface area contributed by atoms with Gasteiger partial charge in [-0.05, 0) is 56.2 Å². The fraction of sp³-hybridized carbons (Fsp3) is 0.278. The first-order valence-corrected chi connectivity index (χ1v) is 9.50. The number of ether oxygens (including phenoxy) is 2. The molecule has 0 aliphatic carbocycles. The lowest BCUT2D eigenvalue weighted by Crippen LogP contribution is -2.23. The van der Waals surface area contributed by atoms with E-state index in [1.165, 1.54) is 38.3 Å². The van der Waals surface area contributed by atoms with Crippen LogP contribution in [0.4, 0.5) is 11.4 Å². The molecule has 0 aromatic heterocycles. The molecule has 2 aromatic rings. The van der Waals surface area contributed by atoms with Crippen LogP contribution in [0.2, 0.25) is 0 Å². The van der Waals surface area contributed by atoms with Gasteiger partial charge in [0.05, 0.1) is 23.4 Å². The number of nitrogens with one attached hydrogen (secondary N) is 1. The molecule has 1 unspecified atom stereocenters. The molecule has 0 amide bonds. The van der Waals surface area contributed by atoms with Gasteiger partial charge in [0, 0.05) is 6.07 Å². The van der Waals surface area contributed by atoms with E-state index in [2.05, 4.69) is 4.72 Å². The van der Waals surface area contributed by atoms with Crippen LogP contribution in [0.5, 0.6) is 11.5 Å². The molecule has 0 saturated heterocycles. The quantitative estimate of drug-likeness (QED) is 0.616. The van der Waals surface area contributed by atoms with Crippen molar-refractivity contribution in [3.63, 3.8) is 0 Å². The fourth-order valence-corrected chi connectivity index (χ4v) is 4.16. The number of aliphatic carboxylic acids is 1. The molecule has 0 aliphatic heterocycles. The van der Waals surface area contributed by atoms with Crippen molar-refractivity contribution in [2.24, 2.45) is 0 Å². The molecule has 1 atom stereocenters. The Labute approximate surface area is 158 Å². The Kier molecular flexibility index (Phi) is 5.85. The number of nitrogens with two attached hydrogens (primary N) is 1. The topological polar surface area (TPSA) is 128 Å². The van der Waals surface area contributed by atoms with E-state index < -0.39 is 22.1 Å². The van der Waals surface area contributed by atoms with Crippen molar-refractivity contribution < 1.29 is 27.8 Å². The number of carboxylic acid groups (broad SMARTS) is 1. The monoisotopic (exact) mass is 394 g/mol. The zero-order valence-corrected chi connectivity index (χ0v) is 16.3. The van der Waals surface area contributed by atoms with E-state index in [9.17, 15) is 13.2 Å². The molecule has 0 heterocycles. The second-order valence-corrected chi connectivity index (χ2v) is 7.66. The van der Waals surface area contributed by atoms with E-state index in [4.69, 9.17) is 20.3 Å². The highest BCUT2D eigenvalue weighted by atomic mass is 32.2. The van der Waals surface area contributed by atoms with Gasteiger partial charge in [-0.1, -0.05) is 0 Å². The largest absolute Gasteiger partial charge is 0.497 e. The summed E-state index contributed by atoms with van der Waals surface area (Å²) in [6.07, 6.45) is -1.05. The van der Waals surface area contributed by atoms with Gasteiger partial charge in [-0.15, -0.1) is 0 Å². The lowest BCUT2D eigenvalue weighted by atomic mass is 10.1. The number of sulfonamides is 1. The fourth-order valence-electron chi connectivity index (χ4n) is 2.61. The lowest BCUT2D eigenvalue weighted by molar-refractivity contribution is -0.144. The number of aryl methyl sites for hydroxylation is 2. The minimum Gasteiger partial charge on any atom is -0.497 e. The van der Waals surface area contributed by atoms with Gasteiger partial charge in [0.1, 0.15) is 11.5 Å². The summed E-state index contributed by atoms with van der Waals surface area (Å²) in [7, 11) is -2.43. The van der Waals surface area contributed by atoms with Gasteiger partial charge in [-0.2, -0.15) is 0 Å². The Bertz CT molecular complexity index is 949. The Balaban J connectivity index is 2.37. The maximum absolute atomic E-state index is 12.9. The molecular weight excluding hydrogens is 372 g/mol. The van der Waals surface area contributed by atoms with Gasteiger partial charge in [0.2, 0.25) is 0 Å². The number of hydrogen-bond donors (Lipinski definition) is 3. The van der Waals surface area contributed by atoms with Crippen LogP contribution in [-0.4, -0.2) is 32.7 Å². The molecular formula is C18H22N2O6S. The zero-order chi connectivity index (χ0) is 20.4. The predicted octanol–water partition coefficient (Wildman–Crippen LogP) is 2.55. The van der Waals surface area contributed by atoms with Crippen LogP contribution >= 0.6 is 0 Å². The molecule has 4 N–H and O–H groups in total. The molecule has 0 radical (unpaired) electrons. The standard InChI is InChI=1S/C18H22N2O6S/c1-10-7-14(26-12(3)18(21)22)8-11(2)17(10)27(23,24)20-16-6-5-13(25-4)9-15(16)19/h5-9,12,20H,19H2,1-4H3,(H,21,22). The molecule has 0 aliphatic rings. The summed E-state index contributed by atoms with van der Waals surface area (Å²) in [6, 6.07) is 7.60. The van der Waals surface area contributed by atoms with Crippen LogP contribution in [0.3, 0.4) is 0 Å². The first-order chi connectivity index (χ1) is 12.5. The molecule has 8 nitrogen and oxygen atoms in total. The van der Waals surface area contributed by atoms with E-state index in [-0.39, 0.29) is 22.0 Å². The SMILES string of the molecule is COc1ccc(NS(=O)(=O)c2c(C)cc(OC(C)C(=O)O)cc2C)c(N)c1. The average Bonchev–Trinajstić information content (AvgIpc) is 2.55. The second-order valence-electron chi connectivity index (χ2n) is 6.04. The number of anilines is 2. The number of carboxylic acids is 1. The summed E-state index contributed by atoms with van der Waals surface area (Å²) in [5, 5.41) is 8.94. The highest BCUT2D eigenvalue weighted by molar-refractivity contribution is 7.92. The highest BCUT2D eigenvalue weighted by Crippen LogP contribution is 2.30. The van der Waals surface area contributed by atoms with Crippen LogP contribution in [0.15, 0.2) is 35.2 Å². The van der Waals surface area contributed by atoms with E-state index >= 15 is 0 Å². The van der Waals surface area contributed by atoms with Crippen molar-refractivity contribution >= 4 is 27.4 Å². The summed E-state index contributed by atoms with van der Waals surface area (Å²) in [4.78, 5) is 11.0. The summed E-state index contributed by atoms with van der Waals surface area (Å²) in [6.45, 7) is 4.61. The lowest BCUT2D eigenvalue weighted by Gasteiger charge is -2.17. The van der Waals surface area contributed by atoms with Crippen LogP contribution in [-0.2, 0) is 14.8 Å². The summed E-state index contributed by atoms with van der Waals surface area (Å²) in [5.41, 5.74) is 7.18. The maximum Gasteiger partial charge on any atom is 0.344 e. The molecule has 9 heteroatoms. The number of methoxy groups -OCH3 is 1. The molecule has 27 heavy (non-hydrogen) atoms. The molecule has 2 aromatic carbocycles. The normalized spacial score (nSPS) is 12.3. The molecule has 0 saturated carbocycles. The van der Waals surface area contributed by atoms with Crippen molar-refractivity contribution in [2.45, 2.75) is 31.8 Å². The van der Waals surface area contributed by atoms with Gasteiger partial charge in [-0.3, -0.25) is 4.72 Å². The summed E-state index contributed by atoms with van der Waals surface area (Å²) >= 11 is 0. The Morgan fingerprint density at radius 3 is 2.22 bits per heavy atom. The van der Waals surface area contributed by atoms with Crippen LogP contribution < -0.4 is 19.9 Å². The highest BCUT2D eigenvalue weighted by Gasteiger charge is 2.23. The average molecular weight is 394 g/mol. The predicted molar refractivity (Wildman–Crippen MR) is 102 cm³/mol. The van der Waals surface area contributed by atoms with Gasteiger partial charge >= 0.3 is 5.97 Å². The Morgan fingerprint density at radius 2 is 1.74 bits per heavy atom. The third kappa shape index (κ3) is 4.62. The van der Waals surface area contributed by atoms with E-state index in [0.29, 0.717) is 16.9 Å². The molecule has 2 rings (SSSR count). The minimum absolute atomic E-state index is 0.0769. The first-order valence-electron chi connectivity index (χ1n) is 8.02. The minimum atomic E-state index is -3.92. The molecule has 0 bridgehead atoms. The van der Waals surface area contributed by atoms with Crippen molar-refractivity contribution in [3.8, 4) is 11.5 Å². The van der Waals surface area contributed by atoms with Crippen LogP contribution in [0, 0.1) is 13.8 Å². The van der Waals surface area contributed by atoms with Gasteiger partial charge < -0.3 is 20.3 Å². The van der Waals surface area contributed by atoms with Crippen LogP contribution in [0.25, 0.3) is 0 Å². The zero-order valence-electron chi connectivity index (χ0n) is 15.4. The Morgan fingerprint density at radius 1 is 1.15 bits per heavy atom. The summed E-state index contributed by atoms with van der Waals surface area (Å²) in [5.74, 6) is -0.321. The maximum atomic E-state index is 12.9. The number of carbonyl (C=O) groups is 1. The van der Waals surface area contributed by atoms with Crippen molar-refractivity contribution in [3.05, 3.63) is 41.5 Å². The van der Waals surface area contributed by atoms with E-state index in [1.54, 1.807) is 19.9 Å². The summed E-state index contributed by atoms with van der Waals surface area (Å²) < 4.78 is 38.6. The molecule has 0 fully saturated rings. The molecule has 146 valence electrons.